The van der Waals surface area contributed by atoms with Gasteiger partial charge in [0.2, 0.25) is 0 Å². The van der Waals surface area contributed by atoms with Gasteiger partial charge in [0.15, 0.2) is 0 Å². The van der Waals surface area contributed by atoms with E-state index in [4.69, 9.17) is 33.4 Å². The average Bonchev–Trinajstić information content (AvgIpc) is 3.26. The summed E-state index contributed by atoms with van der Waals surface area (Å²) < 4.78 is 28.0. The highest BCUT2D eigenvalue weighted by molar-refractivity contribution is 6.33. The number of nitrogens with zero attached hydrogens (tertiary/aromatic N) is 2. The lowest BCUT2D eigenvalue weighted by atomic mass is 10.2. The molecule has 0 unspecified atom stereocenters. The molecule has 1 heterocycles. The Kier molecular flexibility index (Phi) is 10.3. The predicted octanol–water partition coefficient (Wildman–Crippen LogP) is 6.98. The molecule has 0 atom stereocenters. The number of aromatic carboxylic acids is 1. The highest BCUT2D eigenvalue weighted by Gasteiger charge is 2.13. The van der Waals surface area contributed by atoms with Crippen molar-refractivity contribution in [3.05, 3.63) is 102 Å². The fourth-order valence-corrected chi connectivity index (χ4v) is 3.24. The van der Waals surface area contributed by atoms with Gasteiger partial charge in [0, 0.05) is 29.2 Å². The summed E-state index contributed by atoms with van der Waals surface area (Å²) in [6, 6.07) is 12.3. The highest BCUT2D eigenvalue weighted by Crippen LogP contribution is 2.28. The minimum atomic E-state index is -2.90. The first-order valence-corrected chi connectivity index (χ1v) is 10.9. The molecule has 4 aromatic rings. The Morgan fingerprint density at radius 2 is 1.55 bits per heavy atom. The number of H-pyrrole nitrogens is 1. The number of aryl methyl sites for hydroxylation is 1. The third-order valence-electron chi connectivity index (χ3n) is 4.53. The number of aromatic nitrogens is 1. The smallest absolute Gasteiger partial charge is 0.387 e. The minimum Gasteiger partial charge on any atom is -0.508 e. The molecule has 15 heteroatoms. The van der Waals surface area contributed by atoms with Crippen LogP contribution in [0.1, 0.15) is 15.9 Å². The van der Waals surface area contributed by atoms with Crippen molar-refractivity contribution in [3.8, 4) is 11.5 Å². The molecule has 38 heavy (non-hydrogen) atoms. The van der Waals surface area contributed by atoms with Crippen LogP contribution in [-0.4, -0.2) is 37.6 Å². The second kappa shape index (κ2) is 13.2. The molecular weight excluding hydrogens is 555 g/mol. The number of fused-ring (bicyclic) bond motifs is 1. The van der Waals surface area contributed by atoms with Crippen molar-refractivity contribution in [2.75, 3.05) is 0 Å². The molecule has 0 aliphatic carbocycles. The van der Waals surface area contributed by atoms with E-state index < -0.39 is 22.4 Å². The molecule has 0 saturated carbocycles. The zero-order chi connectivity index (χ0) is 28.6. The number of alkyl halides is 2. The first kappa shape index (κ1) is 29.7. The molecule has 3 aromatic carbocycles. The molecule has 0 spiro atoms. The second-order valence-corrected chi connectivity index (χ2v) is 8.01. The van der Waals surface area contributed by atoms with Gasteiger partial charge in [-0.25, -0.2) is 4.79 Å². The number of benzene rings is 3. The number of carboxylic acids is 1. The molecule has 4 rings (SSSR count). The number of hydrogen-bond acceptors (Lipinski definition) is 7. The summed E-state index contributed by atoms with van der Waals surface area (Å²) in [4.78, 5) is 32.8. The van der Waals surface area contributed by atoms with Crippen molar-refractivity contribution in [1.82, 2.24) is 4.98 Å². The molecular formula is C23H17Cl2F2N3O8. The summed E-state index contributed by atoms with van der Waals surface area (Å²) in [6.45, 7) is -1.12. The van der Waals surface area contributed by atoms with Crippen LogP contribution in [0.15, 0.2) is 60.8 Å². The predicted molar refractivity (Wildman–Crippen MR) is 135 cm³/mol. The van der Waals surface area contributed by atoms with Crippen LogP contribution >= 0.6 is 23.2 Å². The number of halogens is 4. The number of hydrogen-bond donors (Lipinski definition) is 3. The molecule has 0 saturated heterocycles. The Morgan fingerprint density at radius 1 is 0.974 bits per heavy atom. The van der Waals surface area contributed by atoms with E-state index in [0.717, 1.165) is 11.6 Å². The van der Waals surface area contributed by atoms with Crippen molar-refractivity contribution < 1.29 is 38.4 Å². The van der Waals surface area contributed by atoms with Gasteiger partial charge in [-0.05, 0) is 42.8 Å². The van der Waals surface area contributed by atoms with E-state index in [1.165, 1.54) is 48.7 Å². The van der Waals surface area contributed by atoms with Crippen LogP contribution < -0.4 is 4.74 Å². The number of carbonyl (C=O) groups is 1. The third-order valence-corrected chi connectivity index (χ3v) is 5.17. The van der Waals surface area contributed by atoms with E-state index in [0.29, 0.717) is 10.9 Å². The molecule has 0 aliphatic heterocycles. The number of rotatable bonds is 5. The zero-order valence-corrected chi connectivity index (χ0v) is 20.6. The quantitative estimate of drug-likeness (QED) is 0.170. The van der Waals surface area contributed by atoms with E-state index in [2.05, 4.69) is 9.72 Å². The van der Waals surface area contributed by atoms with Crippen LogP contribution in [0.25, 0.3) is 10.9 Å². The van der Waals surface area contributed by atoms with Crippen molar-refractivity contribution in [3.63, 3.8) is 0 Å². The van der Waals surface area contributed by atoms with Crippen molar-refractivity contribution in [1.29, 1.82) is 0 Å². The van der Waals surface area contributed by atoms with Crippen molar-refractivity contribution in [2.24, 2.45) is 0 Å². The largest absolute Gasteiger partial charge is 0.508 e. The Hall–Kier alpha value is -4.49. The monoisotopic (exact) mass is 571 g/mol. The van der Waals surface area contributed by atoms with Crippen molar-refractivity contribution in [2.45, 2.75) is 13.5 Å². The number of nitro benzene ring substituents is 2. The van der Waals surface area contributed by atoms with Gasteiger partial charge in [-0.15, -0.1) is 0 Å². The van der Waals surface area contributed by atoms with Crippen molar-refractivity contribution >= 4 is 51.4 Å². The minimum absolute atomic E-state index is 0.0127. The highest BCUT2D eigenvalue weighted by atomic mass is 35.5. The Morgan fingerprint density at radius 3 is 2.05 bits per heavy atom. The number of nitro groups is 2. The van der Waals surface area contributed by atoms with Gasteiger partial charge in [-0.1, -0.05) is 29.3 Å². The van der Waals surface area contributed by atoms with E-state index in [1.54, 1.807) is 13.0 Å². The third kappa shape index (κ3) is 8.28. The van der Waals surface area contributed by atoms with Gasteiger partial charge >= 0.3 is 12.6 Å². The first-order chi connectivity index (χ1) is 17.8. The summed E-state index contributed by atoms with van der Waals surface area (Å²) in [7, 11) is 0. The van der Waals surface area contributed by atoms with E-state index in [-0.39, 0.29) is 38.5 Å². The fourth-order valence-electron chi connectivity index (χ4n) is 2.86. The molecule has 200 valence electrons. The lowest BCUT2D eigenvalue weighted by Crippen LogP contribution is -2.01. The maximum atomic E-state index is 11.9. The average molecular weight is 572 g/mol. The first-order valence-electron chi connectivity index (χ1n) is 10.1. The molecule has 0 fully saturated rings. The summed E-state index contributed by atoms with van der Waals surface area (Å²) in [5.74, 6) is -1.25. The summed E-state index contributed by atoms with van der Waals surface area (Å²) >= 11 is 11.0. The van der Waals surface area contributed by atoms with Crippen LogP contribution in [0.3, 0.4) is 0 Å². The summed E-state index contributed by atoms with van der Waals surface area (Å²) in [6.07, 6.45) is 1.30. The number of phenols is 1. The number of nitrogens with one attached hydrogen (secondary N) is 1. The lowest BCUT2D eigenvalue weighted by Gasteiger charge is -2.03. The molecule has 0 amide bonds. The number of ether oxygens (including phenoxy) is 1. The van der Waals surface area contributed by atoms with Crippen LogP contribution in [0.2, 0.25) is 10.0 Å². The van der Waals surface area contributed by atoms with E-state index in [9.17, 15) is 33.8 Å². The topological polar surface area (TPSA) is 169 Å². The Balaban J connectivity index is 0.000000206. The number of aromatic amines is 1. The number of aromatic hydroxyl groups is 1. The fraction of sp³-hybridized carbons (Fsp3) is 0.0870. The summed E-state index contributed by atoms with van der Waals surface area (Å²) in [5, 5.41) is 38.8. The molecule has 3 N–H and O–H groups in total. The van der Waals surface area contributed by atoms with Crippen LogP contribution in [0.4, 0.5) is 20.2 Å². The standard InChI is InChI=1S/C10H7F2NO3.C7H6ClNO2.C6H4ClNO3/c11-10(12)16-5-1-2-6-7(9(14)15)4-13-8(6)3-5;1-5-2-3-6(8)7(4-5)9(10)11;7-5-2-1-4(9)3-6(5)8(10)11/h1-4,10,13H,(H,14,15);2-4H,1H3;1-3,9H. The van der Waals surface area contributed by atoms with Gasteiger partial charge in [-0.2, -0.15) is 8.78 Å². The molecule has 0 aliphatic rings. The molecule has 1 aromatic heterocycles. The number of carboxylic acid groups (broad SMARTS) is 1. The van der Waals surface area contributed by atoms with Gasteiger partial charge in [0.1, 0.15) is 21.5 Å². The number of phenolic OH excluding ortho intramolecular Hbond substituents is 1. The zero-order valence-electron chi connectivity index (χ0n) is 19.1. The van der Waals surface area contributed by atoms with Crippen LogP contribution in [0.5, 0.6) is 11.5 Å². The Bertz CT molecular complexity index is 1420. The van der Waals surface area contributed by atoms with Gasteiger partial charge in [-0.3, -0.25) is 20.2 Å². The normalized spacial score (nSPS) is 10.2. The SMILES string of the molecule is Cc1ccc(Cl)c([N+](=O)[O-])c1.O=C(O)c1c[nH]c2cc(OC(F)F)ccc12.O=[N+]([O-])c1cc(O)ccc1Cl. The maximum Gasteiger partial charge on any atom is 0.387 e. The molecule has 0 radical (unpaired) electrons. The summed E-state index contributed by atoms with van der Waals surface area (Å²) in [5.41, 5.74) is 1.05. The van der Waals surface area contributed by atoms with E-state index >= 15 is 0 Å². The van der Waals surface area contributed by atoms with Crippen LogP contribution in [0, 0.1) is 27.2 Å². The van der Waals surface area contributed by atoms with E-state index in [1.807, 2.05) is 0 Å². The van der Waals surface area contributed by atoms with Gasteiger partial charge < -0.3 is 19.9 Å². The molecule has 0 bridgehead atoms. The van der Waals surface area contributed by atoms with Gasteiger partial charge in [0.25, 0.3) is 11.4 Å². The lowest BCUT2D eigenvalue weighted by molar-refractivity contribution is -0.384. The van der Waals surface area contributed by atoms with Gasteiger partial charge in [0.05, 0.1) is 21.5 Å². The second-order valence-electron chi connectivity index (χ2n) is 7.20. The molecule has 11 nitrogen and oxygen atoms in total. The Labute approximate surface area is 222 Å². The van der Waals surface area contributed by atoms with Crippen LogP contribution in [-0.2, 0) is 0 Å². The maximum absolute atomic E-state index is 11.9.